The molecule has 2 nitrogen and oxygen atoms in total. The number of pyridine rings is 1. The molecule has 2 aromatic rings. The van der Waals surface area contributed by atoms with Crippen molar-refractivity contribution in [2.45, 2.75) is 13.0 Å². The summed E-state index contributed by atoms with van der Waals surface area (Å²) in [6.07, 6.45) is 1.44. The van der Waals surface area contributed by atoms with E-state index >= 15 is 0 Å². The van der Waals surface area contributed by atoms with Crippen molar-refractivity contribution in [1.82, 2.24) is 4.98 Å². The van der Waals surface area contributed by atoms with Crippen LogP contribution in [-0.4, -0.2) is 4.98 Å². The summed E-state index contributed by atoms with van der Waals surface area (Å²) < 4.78 is 12.9. The minimum absolute atomic E-state index is 0.0778. The van der Waals surface area contributed by atoms with Gasteiger partial charge in [0.1, 0.15) is 0 Å². The van der Waals surface area contributed by atoms with Crippen LogP contribution in [0.25, 0.3) is 0 Å². The topological polar surface area (TPSA) is 24.9 Å². The first-order chi connectivity index (χ1) is 8.15. The molecule has 0 aliphatic heterocycles. The molecule has 0 amide bonds. The van der Waals surface area contributed by atoms with E-state index in [0.717, 1.165) is 5.56 Å². The van der Waals surface area contributed by atoms with Gasteiger partial charge in [-0.05, 0) is 30.7 Å². The summed E-state index contributed by atoms with van der Waals surface area (Å²) in [5, 5.41) is 3.90. The second kappa shape index (κ2) is 5.15. The molecule has 1 atom stereocenters. The van der Waals surface area contributed by atoms with Crippen molar-refractivity contribution < 1.29 is 4.39 Å². The van der Waals surface area contributed by atoms with Crippen molar-refractivity contribution in [1.29, 1.82) is 0 Å². The van der Waals surface area contributed by atoms with Crippen LogP contribution in [0.5, 0.6) is 0 Å². The van der Waals surface area contributed by atoms with Crippen molar-refractivity contribution in [3.8, 4) is 0 Å². The number of nitrogens with one attached hydrogen (secondary N) is 1. The van der Waals surface area contributed by atoms with Crippen LogP contribution in [0.2, 0.25) is 5.02 Å². The number of hydrogen-bond acceptors (Lipinski definition) is 2. The Morgan fingerprint density at radius 1 is 1.24 bits per heavy atom. The van der Waals surface area contributed by atoms with E-state index in [0.29, 0.717) is 10.7 Å². The van der Waals surface area contributed by atoms with Gasteiger partial charge in [-0.3, -0.25) is 0 Å². The monoisotopic (exact) mass is 250 g/mol. The highest BCUT2D eigenvalue weighted by molar-refractivity contribution is 6.30. The summed E-state index contributed by atoms with van der Waals surface area (Å²) >= 11 is 5.82. The number of rotatable bonds is 3. The summed E-state index contributed by atoms with van der Waals surface area (Å²) in [5.74, 6) is -0.488. The van der Waals surface area contributed by atoms with Crippen molar-refractivity contribution in [2.75, 3.05) is 5.32 Å². The lowest BCUT2D eigenvalue weighted by molar-refractivity contribution is 0.584. The second-order valence-corrected chi connectivity index (χ2v) is 4.22. The van der Waals surface area contributed by atoms with Crippen molar-refractivity contribution in [2.24, 2.45) is 0 Å². The lowest BCUT2D eigenvalue weighted by Crippen LogP contribution is -2.06. The van der Waals surface area contributed by atoms with E-state index in [9.17, 15) is 4.39 Å². The molecular weight excluding hydrogens is 239 g/mol. The molecule has 0 fully saturated rings. The fourth-order valence-electron chi connectivity index (χ4n) is 1.58. The Labute approximate surface area is 104 Å². The number of aromatic nitrogens is 1. The molecule has 2 rings (SSSR count). The fourth-order valence-corrected chi connectivity index (χ4v) is 1.70. The molecule has 17 heavy (non-hydrogen) atoms. The average Bonchev–Trinajstić information content (AvgIpc) is 2.29. The normalized spacial score (nSPS) is 12.2. The number of nitrogens with zero attached hydrogens (tertiary/aromatic N) is 1. The lowest BCUT2D eigenvalue weighted by atomic mass is 10.1. The lowest BCUT2D eigenvalue weighted by Gasteiger charge is -2.15. The minimum atomic E-state index is -0.488. The second-order valence-electron chi connectivity index (χ2n) is 3.78. The summed E-state index contributed by atoms with van der Waals surface area (Å²) in [6.45, 7) is 2.00. The molecule has 0 aliphatic rings. The Morgan fingerprint density at radius 2 is 1.94 bits per heavy atom. The van der Waals surface area contributed by atoms with E-state index in [1.165, 1.54) is 12.3 Å². The summed E-state index contributed by atoms with van der Waals surface area (Å²) in [5.41, 5.74) is 1.80. The molecule has 1 unspecified atom stereocenters. The maximum Gasteiger partial charge on any atom is 0.214 e. The van der Waals surface area contributed by atoms with Gasteiger partial charge in [-0.1, -0.05) is 23.7 Å². The predicted octanol–water partition coefficient (Wildman–Crippen LogP) is 4.05. The highest BCUT2D eigenvalue weighted by Gasteiger charge is 2.05. The van der Waals surface area contributed by atoms with E-state index in [4.69, 9.17) is 11.6 Å². The van der Waals surface area contributed by atoms with Gasteiger partial charge in [-0.15, -0.1) is 0 Å². The molecule has 1 aromatic heterocycles. The van der Waals surface area contributed by atoms with E-state index in [2.05, 4.69) is 10.3 Å². The zero-order valence-corrected chi connectivity index (χ0v) is 10.1. The van der Waals surface area contributed by atoms with Gasteiger partial charge in [0.25, 0.3) is 0 Å². The summed E-state index contributed by atoms with van der Waals surface area (Å²) in [7, 11) is 0. The SMILES string of the molecule is CC(Nc1ccnc(F)c1)c1ccc(Cl)cc1. The standard InChI is InChI=1S/C13H12ClFN2/c1-9(10-2-4-11(14)5-3-10)17-12-6-7-16-13(15)8-12/h2-9H,1H3,(H,16,17). The summed E-state index contributed by atoms with van der Waals surface area (Å²) in [6, 6.07) is 10.7. The van der Waals surface area contributed by atoms with E-state index in [-0.39, 0.29) is 6.04 Å². The first-order valence-electron chi connectivity index (χ1n) is 5.29. The molecule has 1 aromatic carbocycles. The van der Waals surface area contributed by atoms with Gasteiger partial charge in [0.2, 0.25) is 5.95 Å². The Balaban J connectivity index is 2.11. The number of benzene rings is 1. The molecule has 88 valence electrons. The smallest absolute Gasteiger partial charge is 0.214 e. The van der Waals surface area contributed by atoms with Gasteiger partial charge >= 0.3 is 0 Å². The zero-order valence-electron chi connectivity index (χ0n) is 9.32. The van der Waals surface area contributed by atoms with Crippen LogP contribution in [-0.2, 0) is 0 Å². The molecule has 0 aliphatic carbocycles. The number of hydrogen-bond donors (Lipinski definition) is 1. The van der Waals surface area contributed by atoms with Crippen LogP contribution in [0.1, 0.15) is 18.5 Å². The van der Waals surface area contributed by atoms with Crippen LogP contribution in [0, 0.1) is 5.95 Å². The highest BCUT2D eigenvalue weighted by Crippen LogP contribution is 2.20. The Kier molecular flexibility index (Phi) is 3.59. The molecule has 0 radical (unpaired) electrons. The van der Waals surface area contributed by atoms with E-state index < -0.39 is 5.95 Å². The zero-order chi connectivity index (χ0) is 12.3. The van der Waals surface area contributed by atoms with Gasteiger partial charge in [-0.25, -0.2) is 4.98 Å². The van der Waals surface area contributed by atoms with Gasteiger partial charge in [0.15, 0.2) is 0 Å². The first kappa shape index (κ1) is 11.9. The van der Waals surface area contributed by atoms with Crippen LogP contribution in [0.4, 0.5) is 10.1 Å². The third-order valence-corrected chi connectivity index (χ3v) is 2.73. The van der Waals surface area contributed by atoms with Crippen molar-refractivity contribution in [3.63, 3.8) is 0 Å². The van der Waals surface area contributed by atoms with Crippen LogP contribution in [0.15, 0.2) is 42.6 Å². The molecule has 0 bridgehead atoms. The van der Waals surface area contributed by atoms with Crippen molar-refractivity contribution >= 4 is 17.3 Å². The quantitative estimate of drug-likeness (QED) is 0.832. The van der Waals surface area contributed by atoms with Gasteiger partial charge in [0, 0.05) is 29.0 Å². The number of anilines is 1. The minimum Gasteiger partial charge on any atom is -0.378 e. The molecule has 1 heterocycles. The van der Waals surface area contributed by atoms with Gasteiger partial charge in [-0.2, -0.15) is 4.39 Å². The third kappa shape index (κ3) is 3.17. The van der Waals surface area contributed by atoms with Crippen molar-refractivity contribution in [3.05, 3.63) is 59.1 Å². The molecular formula is C13H12ClFN2. The first-order valence-corrected chi connectivity index (χ1v) is 5.66. The fraction of sp³-hybridized carbons (Fsp3) is 0.154. The Hall–Kier alpha value is -1.61. The molecule has 4 heteroatoms. The van der Waals surface area contributed by atoms with E-state index in [1.807, 2.05) is 31.2 Å². The van der Waals surface area contributed by atoms with Gasteiger partial charge < -0.3 is 5.32 Å². The molecule has 1 N–H and O–H groups in total. The average molecular weight is 251 g/mol. The maximum absolute atomic E-state index is 12.9. The van der Waals surface area contributed by atoms with Gasteiger partial charge in [0.05, 0.1) is 0 Å². The third-order valence-electron chi connectivity index (χ3n) is 2.48. The largest absolute Gasteiger partial charge is 0.378 e. The van der Waals surface area contributed by atoms with Crippen LogP contribution < -0.4 is 5.32 Å². The highest BCUT2D eigenvalue weighted by atomic mass is 35.5. The summed E-state index contributed by atoms with van der Waals surface area (Å²) in [4.78, 5) is 3.51. The molecule has 0 spiro atoms. The maximum atomic E-state index is 12.9. The molecule has 0 saturated heterocycles. The van der Waals surface area contributed by atoms with Crippen LogP contribution in [0.3, 0.4) is 0 Å². The Morgan fingerprint density at radius 3 is 2.59 bits per heavy atom. The predicted molar refractivity (Wildman–Crippen MR) is 67.7 cm³/mol. The van der Waals surface area contributed by atoms with E-state index in [1.54, 1.807) is 6.07 Å². The molecule has 0 saturated carbocycles. The Bertz CT molecular complexity index is 499. The van der Waals surface area contributed by atoms with Crippen LogP contribution >= 0.6 is 11.6 Å². The number of halogens is 2.